The number of aliphatic hydroxyl groups is 1. The van der Waals surface area contributed by atoms with Crippen molar-refractivity contribution in [1.82, 2.24) is 9.62 Å². The standard InChI is InChI=1S/C13H14Cl2NO2S.C7H7FO.C6H12FNO.W/c1-13(4-2-3-5-18-13)12(17)16-19-11-7-9(14)6-10(15)8-11;1-9-7-4-2-6(8)3-5-7;7-6-4-8(5-6)2-1-3-9;/h7-8H,2-5H2,1H3,(H,16,17);2-5H,1H3;6,9H,1-5H2;/q-1;;;. The number of hydrogen-bond donors (Lipinski definition) is 2. The second-order valence-electron chi connectivity index (χ2n) is 8.67. The van der Waals surface area contributed by atoms with Gasteiger partial charge in [0.2, 0.25) is 0 Å². The zero-order valence-corrected chi connectivity index (χ0v) is 26.6. The van der Waals surface area contributed by atoms with Crippen LogP contribution in [-0.2, 0) is 30.6 Å². The topological polar surface area (TPSA) is 71.0 Å². The number of halogens is 4. The van der Waals surface area contributed by atoms with Crippen molar-refractivity contribution in [2.24, 2.45) is 0 Å². The molecule has 1 amide bonds. The molecule has 2 aromatic carbocycles. The number of benzene rings is 2. The first-order valence-electron chi connectivity index (χ1n) is 11.9. The molecule has 0 radical (unpaired) electrons. The molecule has 2 aliphatic heterocycles. The van der Waals surface area contributed by atoms with Crippen molar-refractivity contribution in [2.45, 2.75) is 49.3 Å². The van der Waals surface area contributed by atoms with E-state index in [0.717, 1.165) is 37.1 Å². The Balaban J connectivity index is 0.000000318. The third-order valence-electron chi connectivity index (χ3n) is 5.58. The van der Waals surface area contributed by atoms with Gasteiger partial charge in [-0.1, -0.05) is 14.9 Å². The van der Waals surface area contributed by atoms with Crippen LogP contribution in [0.4, 0.5) is 8.78 Å². The Kier molecular flexibility index (Phi) is 17.0. The molecule has 4 rings (SSSR count). The SMILES string of the molecule is CC1(C(=O)NSc2cc(Cl)[c-]c(Cl)c2)CCCCO1.COc1ccc(F)cc1.OCCCN1CC(F)C1.[W]. The number of hydrogen-bond acceptors (Lipinski definition) is 6. The predicted molar refractivity (Wildman–Crippen MR) is 143 cm³/mol. The molecular weight excluding hydrogens is 729 g/mol. The van der Waals surface area contributed by atoms with Crippen molar-refractivity contribution in [2.75, 3.05) is 40.0 Å². The summed E-state index contributed by atoms with van der Waals surface area (Å²) in [6, 6.07) is 12.0. The molecule has 6 nitrogen and oxygen atoms in total. The van der Waals surface area contributed by atoms with E-state index in [-0.39, 0.29) is 39.4 Å². The third-order valence-corrected chi connectivity index (χ3v) is 6.75. The quantitative estimate of drug-likeness (QED) is 0.278. The molecule has 2 aromatic rings. The summed E-state index contributed by atoms with van der Waals surface area (Å²) in [5, 5.41) is 9.22. The van der Waals surface area contributed by atoms with Gasteiger partial charge in [-0.2, -0.15) is 0 Å². The summed E-state index contributed by atoms with van der Waals surface area (Å²) in [6.45, 7) is 4.65. The number of amides is 1. The van der Waals surface area contributed by atoms with Crippen LogP contribution in [-0.4, -0.2) is 67.6 Å². The maximum Gasteiger partial charge on any atom is 0.261 e. The number of carbonyl (C=O) groups excluding carboxylic acids is 1. The number of nitrogens with zero attached hydrogens (tertiary/aromatic N) is 1. The maximum absolute atomic E-state index is 12.2. The minimum atomic E-state index is -0.736. The molecule has 0 bridgehead atoms. The molecule has 12 heteroatoms. The largest absolute Gasteiger partial charge is 0.497 e. The number of alkyl halides is 1. The summed E-state index contributed by atoms with van der Waals surface area (Å²) >= 11 is 12.9. The monoisotopic (exact) mass is 761 g/mol. The predicted octanol–water partition coefficient (Wildman–Crippen LogP) is 5.73. The van der Waals surface area contributed by atoms with Crippen LogP contribution >= 0.6 is 35.1 Å². The van der Waals surface area contributed by atoms with Crippen molar-refractivity contribution in [3.63, 3.8) is 0 Å². The van der Waals surface area contributed by atoms with Crippen LogP contribution in [0.5, 0.6) is 5.75 Å². The van der Waals surface area contributed by atoms with Gasteiger partial charge in [-0.05, 0) is 68.8 Å². The number of carbonyl (C=O) groups is 1. The summed E-state index contributed by atoms with van der Waals surface area (Å²) in [5.74, 6) is 0.310. The summed E-state index contributed by atoms with van der Waals surface area (Å²) in [5.41, 5.74) is -0.736. The Morgan fingerprint density at radius 3 is 2.39 bits per heavy atom. The molecule has 2 saturated heterocycles. The fourth-order valence-electron chi connectivity index (χ4n) is 3.42. The smallest absolute Gasteiger partial charge is 0.261 e. The van der Waals surface area contributed by atoms with E-state index >= 15 is 0 Å². The van der Waals surface area contributed by atoms with Gasteiger partial charge in [-0.3, -0.25) is 14.4 Å². The van der Waals surface area contributed by atoms with Gasteiger partial charge >= 0.3 is 0 Å². The first-order valence-corrected chi connectivity index (χ1v) is 13.5. The van der Waals surface area contributed by atoms with Gasteiger partial charge in [0.25, 0.3) is 5.91 Å². The molecule has 0 aliphatic carbocycles. The minimum Gasteiger partial charge on any atom is -0.497 e. The Labute approximate surface area is 252 Å². The van der Waals surface area contributed by atoms with Gasteiger partial charge < -0.3 is 14.6 Å². The van der Waals surface area contributed by atoms with Crippen LogP contribution in [0, 0.1) is 11.9 Å². The Bertz CT molecular complexity index is 947. The van der Waals surface area contributed by atoms with E-state index in [1.54, 1.807) is 31.4 Å². The van der Waals surface area contributed by atoms with E-state index in [4.69, 9.17) is 37.8 Å². The van der Waals surface area contributed by atoms with E-state index in [2.05, 4.69) is 10.8 Å². The van der Waals surface area contributed by atoms with Gasteiger partial charge in [-0.15, -0.1) is 41.4 Å². The minimum absolute atomic E-state index is 0. The van der Waals surface area contributed by atoms with E-state index in [1.165, 1.54) is 24.1 Å². The van der Waals surface area contributed by atoms with Gasteiger partial charge in [-0.25, -0.2) is 8.78 Å². The molecule has 38 heavy (non-hydrogen) atoms. The summed E-state index contributed by atoms with van der Waals surface area (Å²) in [6.07, 6.45) is 2.92. The van der Waals surface area contributed by atoms with Crippen LogP contribution in [0.1, 0.15) is 32.6 Å². The summed E-state index contributed by atoms with van der Waals surface area (Å²) < 4.78 is 37.4. The van der Waals surface area contributed by atoms with Gasteiger partial charge in [0, 0.05) is 53.9 Å². The van der Waals surface area contributed by atoms with E-state index < -0.39 is 11.8 Å². The van der Waals surface area contributed by atoms with Crippen molar-refractivity contribution in [1.29, 1.82) is 0 Å². The molecule has 0 aromatic heterocycles. The Morgan fingerprint density at radius 1 is 1.26 bits per heavy atom. The Hall–Kier alpha value is -0.932. The molecule has 2 heterocycles. The summed E-state index contributed by atoms with van der Waals surface area (Å²) in [7, 11) is 1.55. The first kappa shape index (κ1) is 35.1. The molecule has 212 valence electrons. The van der Waals surface area contributed by atoms with Gasteiger partial charge in [0.15, 0.2) is 0 Å². The molecule has 2 N–H and O–H groups in total. The molecule has 1 atom stereocenters. The number of aliphatic hydroxyl groups excluding tert-OH is 1. The fraction of sp³-hybridized carbons (Fsp3) is 0.500. The van der Waals surface area contributed by atoms with E-state index in [0.29, 0.717) is 35.5 Å². The van der Waals surface area contributed by atoms with Crippen LogP contribution in [0.25, 0.3) is 0 Å². The normalized spacial score (nSPS) is 18.9. The summed E-state index contributed by atoms with van der Waals surface area (Å²) in [4.78, 5) is 14.9. The molecule has 2 fully saturated rings. The third kappa shape index (κ3) is 12.9. The van der Waals surface area contributed by atoms with E-state index in [1.807, 2.05) is 11.8 Å². The zero-order chi connectivity index (χ0) is 27.3. The van der Waals surface area contributed by atoms with Crippen molar-refractivity contribution < 1.29 is 49.2 Å². The molecule has 0 saturated carbocycles. The maximum atomic E-state index is 12.2. The van der Waals surface area contributed by atoms with Crippen molar-refractivity contribution >= 4 is 41.1 Å². The number of nitrogens with one attached hydrogen (secondary N) is 1. The molecular formula is C26H33Cl2F2N2O4SW-. The molecule has 2 aliphatic rings. The van der Waals surface area contributed by atoms with Crippen LogP contribution in [0.3, 0.4) is 0 Å². The number of rotatable bonds is 7. The zero-order valence-electron chi connectivity index (χ0n) is 21.4. The van der Waals surface area contributed by atoms with Crippen molar-refractivity contribution in [3.8, 4) is 5.75 Å². The second kappa shape index (κ2) is 18.4. The second-order valence-corrected chi connectivity index (χ2v) is 10.4. The van der Waals surface area contributed by atoms with Crippen molar-refractivity contribution in [3.05, 3.63) is 58.3 Å². The van der Waals surface area contributed by atoms with Crippen LogP contribution in [0.2, 0.25) is 10.0 Å². The van der Waals surface area contributed by atoms with Crippen LogP contribution in [0.15, 0.2) is 41.3 Å². The molecule has 0 spiro atoms. The fourth-order valence-corrected chi connectivity index (χ4v) is 4.81. The van der Waals surface area contributed by atoms with Crippen LogP contribution < -0.4 is 9.46 Å². The van der Waals surface area contributed by atoms with Gasteiger partial charge in [0.05, 0.1) is 7.11 Å². The molecule has 1 unspecified atom stereocenters. The number of likely N-dealkylation sites (tertiary alicyclic amines) is 1. The number of ether oxygens (including phenoxy) is 2. The number of methoxy groups -OCH3 is 1. The average molecular weight is 762 g/mol. The van der Waals surface area contributed by atoms with E-state index in [9.17, 15) is 13.6 Å². The van der Waals surface area contributed by atoms with Gasteiger partial charge in [0.1, 0.15) is 23.3 Å². The average Bonchev–Trinajstić information content (AvgIpc) is 2.86. The Morgan fingerprint density at radius 2 is 1.89 bits per heavy atom. The first-order chi connectivity index (χ1) is 17.6.